The highest BCUT2D eigenvalue weighted by Gasteiger charge is 2.21. The first-order chi connectivity index (χ1) is 13.2. The summed E-state index contributed by atoms with van der Waals surface area (Å²) in [5.41, 5.74) is 1.86. The fourth-order valence-electron chi connectivity index (χ4n) is 2.42. The summed E-state index contributed by atoms with van der Waals surface area (Å²) in [7, 11) is -8.02. The van der Waals surface area contributed by atoms with Crippen molar-refractivity contribution in [2.24, 2.45) is 0 Å². The van der Waals surface area contributed by atoms with E-state index in [1.165, 1.54) is 36.4 Å². The molecule has 3 aromatic carbocycles. The third-order valence-electron chi connectivity index (χ3n) is 3.97. The number of para-hydroxylation sites is 2. The first-order valence-corrected chi connectivity index (χ1v) is 11.3. The SMILES string of the molecule is Cc1ccc(S(=O)(=O)Nc2ccccc2OS(=O)(=O)c2ccc(C)cc2)cc1. The van der Waals surface area contributed by atoms with Crippen LogP contribution >= 0.6 is 0 Å². The van der Waals surface area contributed by atoms with Crippen LogP contribution in [0.1, 0.15) is 11.1 Å². The highest BCUT2D eigenvalue weighted by atomic mass is 32.2. The summed E-state index contributed by atoms with van der Waals surface area (Å²) in [6, 6.07) is 18.5. The Morgan fingerprint density at radius 3 is 1.75 bits per heavy atom. The normalized spacial score (nSPS) is 11.8. The second kappa shape index (κ2) is 7.65. The molecule has 146 valence electrons. The van der Waals surface area contributed by atoms with E-state index in [4.69, 9.17) is 4.18 Å². The topological polar surface area (TPSA) is 89.5 Å². The van der Waals surface area contributed by atoms with Gasteiger partial charge in [-0.2, -0.15) is 8.42 Å². The van der Waals surface area contributed by atoms with Crippen LogP contribution in [0.25, 0.3) is 0 Å². The Hall–Kier alpha value is -2.84. The number of hydrogen-bond donors (Lipinski definition) is 1. The zero-order chi connectivity index (χ0) is 20.4. The molecule has 3 aromatic rings. The van der Waals surface area contributed by atoms with Crippen LogP contribution in [0.15, 0.2) is 82.6 Å². The van der Waals surface area contributed by atoms with E-state index < -0.39 is 20.1 Å². The quantitative estimate of drug-likeness (QED) is 0.615. The lowest BCUT2D eigenvalue weighted by Crippen LogP contribution is -2.15. The minimum Gasteiger partial charge on any atom is -0.377 e. The molecule has 0 saturated heterocycles. The van der Waals surface area contributed by atoms with E-state index in [2.05, 4.69) is 4.72 Å². The monoisotopic (exact) mass is 417 g/mol. The van der Waals surface area contributed by atoms with E-state index in [9.17, 15) is 16.8 Å². The van der Waals surface area contributed by atoms with Gasteiger partial charge >= 0.3 is 10.1 Å². The molecule has 0 atom stereocenters. The maximum absolute atomic E-state index is 12.6. The summed E-state index contributed by atoms with van der Waals surface area (Å²) < 4.78 is 57.9. The van der Waals surface area contributed by atoms with E-state index in [1.807, 2.05) is 13.8 Å². The van der Waals surface area contributed by atoms with E-state index in [-0.39, 0.29) is 21.2 Å². The van der Waals surface area contributed by atoms with Crippen LogP contribution in [0.4, 0.5) is 5.69 Å². The molecule has 6 nitrogen and oxygen atoms in total. The average Bonchev–Trinajstić information content (AvgIpc) is 2.64. The number of rotatable bonds is 6. The Morgan fingerprint density at radius 2 is 1.18 bits per heavy atom. The Balaban J connectivity index is 1.91. The van der Waals surface area contributed by atoms with Crippen LogP contribution in [-0.4, -0.2) is 16.8 Å². The van der Waals surface area contributed by atoms with Crippen molar-refractivity contribution in [1.29, 1.82) is 0 Å². The molecule has 1 N–H and O–H groups in total. The summed E-state index contributed by atoms with van der Waals surface area (Å²) in [4.78, 5) is 0.0450. The largest absolute Gasteiger partial charge is 0.377 e. The van der Waals surface area contributed by atoms with Gasteiger partial charge in [-0.15, -0.1) is 0 Å². The lowest BCUT2D eigenvalue weighted by molar-refractivity contribution is 0.487. The average molecular weight is 418 g/mol. The van der Waals surface area contributed by atoms with Gasteiger partial charge in [-0.25, -0.2) is 8.42 Å². The van der Waals surface area contributed by atoms with Crippen LogP contribution in [0.5, 0.6) is 5.75 Å². The molecular formula is C20H19NO5S2. The molecule has 0 spiro atoms. The zero-order valence-electron chi connectivity index (χ0n) is 15.3. The minimum atomic E-state index is -4.11. The van der Waals surface area contributed by atoms with Gasteiger partial charge in [-0.05, 0) is 50.2 Å². The van der Waals surface area contributed by atoms with Gasteiger partial charge < -0.3 is 4.18 Å². The summed E-state index contributed by atoms with van der Waals surface area (Å²) in [6.45, 7) is 3.69. The molecule has 0 amide bonds. The molecule has 0 aliphatic carbocycles. The number of sulfonamides is 1. The van der Waals surface area contributed by atoms with Crippen LogP contribution in [0, 0.1) is 13.8 Å². The number of nitrogens with one attached hydrogen (secondary N) is 1. The minimum absolute atomic E-state index is 0.0192. The maximum atomic E-state index is 12.6. The smallest absolute Gasteiger partial charge is 0.339 e. The number of anilines is 1. The van der Waals surface area contributed by atoms with Gasteiger partial charge in [0.15, 0.2) is 5.75 Å². The van der Waals surface area contributed by atoms with Crippen LogP contribution in [0.2, 0.25) is 0 Å². The first kappa shape index (κ1) is 19.9. The molecule has 0 fully saturated rings. The van der Waals surface area contributed by atoms with Crippen molar-refractivity contribution >= 4 is 25.8 Å². The molecule has 0 unspecified atom stereocenters. The Labute approximate surface area is 165 Å². The fourth-order valence-corrected chi connectivity index (χ4v) is 4.43. The van der Waals surface area contributed by atoms with Crippen molar-refractivity contribution in [2.75, 3.05) is 4.72 Å². The van der Waals surface area contributed by atoms with Gasteiger partial charge in [0, 0.05) is 0 Å². The lowest BCUT2D eigenvalue weighted by Gasteiger charge is -2.13. The molecule has 3 rings (SSSR count). The highest BCUT2D eigenvalue weighted by molar-refractivity contribution is 7.92. The van der Waals surface area contributed by atoms with Crippen molar-refractivity contribution in [3.8, 4) is 5.75 Å². The molecule has 0 heterocycles. The second-order valence-corrected chi connectivity index (χ2v) is 9.49. The van der Waals surface area contributed by atoms with Crippen molar-refractivity contribution in [1.82, 2.24) is 0 Å². The van der Waals surface area contributed by atoms with Crippen molar-refractivity contribution < 1.29 is 21.0 Å². The van der Waals surface area contributed by atoms with Gasteiger partial charge in [0.25, 0.3) is 10.0 Å². The highest BCUT2D eigenvalue weighted by Crippen LogP contribution is 2.29. The molecular weight excluding hydrogens is 398 g/mol. The predicted molar refractivity (Wildman–Crippen MR) is 107 cm³/mol. The molecule has 8 heteroatoms. The predicted octanol–water partition coefficient (Wildman–Crippen LogP) is 3.87. The molecule has 0 aliphatic heterocycles. The fraction of sp³-hybridized carbons (Fsp3) is 0.100. The van der Waals surface area contributed by atoms with Gasteiger partial charge in [-0.3, -0.25) is 4.72 Å². The maximum Gasteiger partial charge on any atom is 0.339 e. The van der Waals surface area contributed by atoms with Gasteiger partial charge in [0.05, 0.1) is 10.6 Å². The van der Waals surface area contributed by atoms with Crippen LogP contribution in [-0.2, 0) is 20.1 Å². The molecule has 28 heavy (non-hydrogen) atoms. The third-order valence-corrected chi connectivity index (χ3v) is 6.60. The van der Waals surface area contributed by atoms with Crippen LogP contribution in [0.3, 0.4) is 0 Å². The molecule has 0 radical (unpaired) electrons. The first-order valence-electron chi connectivity index (χ1n) is 8.37. The van der Waals surface area contributed by atoms with Crippen molar-refractivity contribution in [3.63, 3.8) is 0 Å². The Bertz CT molecular complexity index is 1090. The van der Waals surface area contributed by atoms with Gasteiger partial charge in [0.1, 0.15) is 4.90 Å². The van der Waals surface area contributed by atoms with Crippen LogP contribution < -0.4 is 8.91 Å². The number of benzene rings is 3. The molecule has 0 aliphatic rings. The number of hydrogen-bond acceptors (Lipinski definition) is 5. The van der Waals surface area contributed by atoms with E-state index in [1.54, 1.807) is 36.4 Å². The molecule has 0 saturated carbocycles. The standard InChI is InChI=1S/C20H19NO5S2/c1-15-7-11-17(12-8-15)27(22,23)21-19-5-3-4-6-20(19)26-28(24,25)18-13-9-16(2)10-14-18/h3-14,21H,1-2H3. The second-order valence-electron chi connectivity index (χ2n) is 6.27. The Kier molecular flexibility index (Phi) is 5.44. The van der Waals surface area contributed by atoms with E-state index >= 15 is 0 Å². The summed E-state index contributed by atoms with van der Waals surface area (Å²) >= 11 is 0. The van der Waals surface area contributed by atoms with Crippen molar-refractivity contribution in [2.45, 2.75) is 23.6 Å². The molecule has 0 aromatic heterocycles. The van der Waals surface area contributed by atoms with Gasteiger partial charge in [0.2, 0.25) is 0 Å². The summed E-state index contributed by atoms with van der Waals surface area (Å²) in [5, 5.41) is 0. The number of aryl methyl sites for hydroxylation is 2. The summed E-state index contributed by atoms with van der Waals surface area (Å²) in [6.07, 6.45) is 0. The van der Waals surface area contributed by atoms with E-state index in [0.717, 1.165) is 11.1 Å². The molecule has 0 bridgehead atoms. The Morgan fingerprint density at radius 1 is 0.679 bits per heavy atom. The summed E-state index contributed by atoms with van der Waals surface area (Å²) in [5.74, 6) is -0.112. The third kappa shape index (κ3) is 4.52. The van der Waals surface area contributed by atoms with Crippen molar-refractivity contribution in [3.05, 3.63) is 83.9 Å². The lowest BCUT2D eigenvalue weighted by atomic mass is 10.2. The van der Waals surface area contributed by atoms with Gasteiger partial charge in [-0.1, -0.05) is 47.5 Å². The zero-order valence-corrected chi connectivity index (χ0v) is 16.9. The van der Waals surface area contributed by atoms with E-state index in [0.29, 0.717) is 0 Å².